The van der Waals surface area contributed by atoms with Crippen molar-refractivity contribution in [2.45, 2.75) is 33.1 Å². The number of benzene rings is 1. The molecule has 0 aliphatic carbocycles. The molecule has 0 saturated heterocycles. The van der Waals surface area contributed by atoms with Crippen molar-refractivity contribution < 1.29 is 19.4 Å². The number of carboxylic acid groups (broad SMARTS) is 1. The van der Waals surface area contributed by atoms with Crippen LogP contribution in [-0.2, 0) is 4.79 Å². The van der Waals surface area contributed by atoms with Crippen LogP contribution in [-0.4, -0.2) is 24.3 Å². The van der Waals surface area contributed by atoms with Gasteiger partial charge in [0, 0.05) is 11.6 Å². The van der Waals surface area contributed by atoms with Crippen LogP contribution in [0.15, 0.2) is 24.3 Å². The van der Waals surface area contributed by atoms with Crippen molar-refractivity contribution in [1.29, 1.82) is 0 Å². The molecule has 1 rings (SSSR count). The molecule has 0 aliphatic rings. The summed E-state index contributed by atoms with van der Waals surface area (Å²) in [5.41, 5.74) is 0.717. The molecule has 0 unspecified atom stereocenters. The van der Waals surface area contributed by atoms with E-state index in [0.29, 0.717) is 24.7 Å². The first-order valence-electron chi connectivity index (χ1n) is 6.98. The zero-order chi connectivity index (χ0) is 14.8. The summed E-state index contributed by atoms with van der Waals surface area (Å²) >= 11 is 0. The van der Waals surface area contributed by atoms with Crippen molar-refractivity contribution in [3.05, 3.63) is 29.8 Å². The summed E-state index contributed by atoms with van der Waals surface area (Å²) in [6.07, 6.45) is 5.84. The first-order chi connectivity index (χ1) is 9.69. The van der Waals surface area contributed by atoms with Crippen molar-refractivity contribution in [3.63, 3.8) is 0 Å². The zero-order valence-corrected chi connectivity index (χ0v) is 12.1. The van der Waals surface area contributed by atoms with E-state index in [9.17, 15) is 4.79 Å². The molecule has 0 aromatic heterocycles. The third kappa shape index (κ3) is 5.34. The van der Waals surface area contributed by atoms with Crippen LogP contribution in [0.5, 0.6) is 11.5 Å². The average Bonchev–Trinajstić information content (AvgIpc) is 2.43. The maximum absolute atomic E-state index is 10.6. The van der Waals surface area contributed by atoms with Crippen LogP contribution in [0.25, 0.3) is 6.08 Å². The molecular formula is C16H22O4. The Morgan fingerprint density at radius 1 is 1.25 bits per heavy atom. The lowest BCUT2D eigenvalue weighted by Gasteiger charge is -2.14. The Bertz CT molecular complexity index is 452. The predicted molar refractivity (Wildman–Crippen MR) is 79.3 cm³/mol. The third-order valence-corrected chi connectivity index (χ3v) is 2.71. The monoisotopic (exact) mass is 278 g/mol. The minimum Gasteiger partial charge on any atom is -0.490 e. The van der Waals surface area contributed by atoms with E-state index in [1.807, 2.05) is 25.1 Å². The second kappa shape index (κ2) is 9.02. The molecule has 1 N–H and O–H groups in total. The average molecular weight is 278 g/mol. The predicted octanol–water partition coefficient (Wildman–Crippen LogP) is 3.75. The molecule has 0 saturated carbocycles. The molecule has 0 radical (unpaired) electrons. The van der Waals surface area contributed by atoms with Crippen LogP contribution in [0.1, 0.15) is 38.7 Å². The number of carbonyl (C=O) groups is 1. The minimum absolute atomic E-state index is 0.539. The quantitative estimate of drug-likeness (QED) is 0.552. The number of aliphatic carboxylic acids is 1. The van der Waals surface area contributed by atoms with E-state index in [2.05, 4.69) is 6.92 Å². The van der Waals surface area contributed by atoms with Gasteiger partial charge in [-0.2, -0.15) is 0 Å². The fourth-order valence-corrected chi connectivity index (χ4v) is 1.78. The molecule has 0 bridgehead atoms. The van der Waals surface area contributed by atoms with Gasteiger partial charge in [0.1, 0.15) is 0 Å². The van der Waals surface area contributed by atoms with E-state index < -0.39 is 5.97 Å². The second-order valence-electron chi connectivity index (χ2n) is 4.33. The Labute approximate surface area is 120 Å². The molecule has 110 valence electrons. The summed E-state index contributed by atoms with van der Waals surface area (Å²) in [5, 5.41) is 8.73. The molecule has 20 heavy (non-hydrogen) atoms. The maximum atomic E-state index is 10.6. The number of carboxylic acids is 1. The number of hydrogen-bond acceptors (Lipinski definition) is 3. The van der Waals surface area contributed by atoms with Crippen LogP contribution >= 0.6 is 0 Å². The summed E-state index contributed by atoms with van der Waals surface area (Å²) in [7, 11) is 0. The van der Waals surface area contributed by atoms with Gasteiger partial charge in [0.2, 0.25) is 0 Å². The topological polar surface area (TPSA) is 55.8 Å². The first-order valence-corrected chi connectivity index (χ1v) is 6.98. The lowest BCUT2D eigenvalue weighted by atomic mass is 10.1. The molecule has 0 atom stereocenters. The SMILES string of the molecule is CCCCCOc1c(/C=C/C(=O)O)cccc1OCC. The Kier molecular flexibility index (Phi) is 7.25. The molecule has 0 heterocycles. The van der Waals surface area contributed by atoms with Gasteiger partial charge in [0.15, 0.2) is 11.5 Å². The van der Waals surface area contributed by atoms with Crippen LogP contribution < -0.4 is 9.47 Å². The number of unbranched alkanes of at least 4 members (excludes halogenated alkanes) is 2. The van der Waals surface area contributed by atoms with Gasteiger partial charge in [-0.3, -0.25) is 0 Å². The summed E-state index contributed by atoms with van der Waals surface area (Å²) in [6.45, 7) is 5.18. The molecule has 0 fully saturated rings. The molecule has 0 aliphatic heterocycles. The number of para-hydroxylation sites is 1. The number of hydrogen-bond donors (Lipinski definition) is 1. The lowest BCUT2D eigenvalue weighted by molar-refractivity contribution is -0.131. The standard InChI is InChI=1S/C16H22O4/c1-3-5-6-12-20-16-13(10-11-15(17)18)8-7-9-14(16)19-4-2/h7-11H,3-6,12H2,1-2H3,(H,17,18)/b11-10+. The van der Waals surface area contributed by atoms with E-state index in [1.54, 1.807) is 0 Å². The Morgan fingerprint density at radius 2 is 2.05 bits per heavy atom. The van der Waals surface area contributed by atoms with Crippen molar-refractivity contribution >= 4 is 12.0 Å². The molecular weight excluding hydrogens is 256 g/mol. The molecule has 1 aromatic carbocycles. The van der Waals surface area contributed by atoms with Crippen molar-refractivity contribution in [2.24, 2.45) is 0 Å². The minimum atomic E-state index is -0.983. The largest absolute Gasteiger partial charge is 0.490 e. The van der Waals surface area contributed by atoms with Gasteiger partial charge in [0.05, 0.1) is 13.2 Å². The van der Waals surface area contributed by atoms with Crippen LogP contribution in [0.2, 0.25) is 0 Å². The van der Waals surface area contributed by atoms with E-state index >= 15 is 0 Å². The zero-order valence-electron chi connectivity index (χ0n) is 12.1. The first kappa shape index (κ1) is 16.1. The summed E-state index contributed by atoms with van der Waals surface area (Å²) in [6, 6.07) is 5.47. The van der Waals surface area contributed by atoms with Crippen LogP contribution in [0, 0.1) is 0 Å². The van der Waals surface area contributed by atoms with E-state index in [4.69, 9.17) is 14.6 Å². The highest BCUT2D eigenvalue weighted by Crippen LogP contribution is 2.32. The summed E-state index contributed by atoms with van der Waals surface area (Å²) in [5.74, 6) is 0.281. The van der Waals surface area contributed by atoms with Crippen molar-refractivity contribution in [2.75, 3.05) is 13.2 Å². The Morgan fingerprint density at radius 3 is 2.70 bits per heavy atom. The van der Waals surface area contributed by atoms with Crippen molar-refractivity contribution in [3.8, 4) is 11.5 Å². The van der Waals surface area contributed by atoms with Gasteiger partial charge in [-0.15, -0.1) is 0 Å². The van der Waals surface area contributed by atoms with Crippen LogP contribution in [0.3, 0.4) is 0 Å². The molecule has 0 amide bonds. The normalized spacial score (nSPS) is 10.7. The van der Waals surface area contributed by atoms with Crippen LogP contribution in [0.4, 0.5) is 0 Å². The summed E-state index contributed by atoms with van der Waals surface area (Å²) < 4.78 is 11.3. The number of rotatable bonds is 9. The van der Waals surface area contributed by atoms with E-state index in [0.717, 1.165) is 30.9 Å². The molecule has 4 nitrogen and oxygen atoms in total. The van der Waals surface area contributed by atoms with Gasteiger partial charge < -0.3 is 14.6 Å². The molecule has 1 aromatic rings. The molecule has 4 heteroatoms. The van der Waals surface area contributed by atoms with E-state index in [-0.39, 0.29) is 0 Å². The fourth-order valence-electron chi connectivity index (χ4n) is 1.78. The second-order valence-corrected chi connectivity index (χ2v) is 4.33. The van der Waals surface area contributed by atoms with Gasteiger partial charge >= 0.3 is 5.97 Å². The van der Waals surface area contributed by atoms with Gasteiger partial charge in [0.25, 0.3) is 0 Å². The van der Waals surface area contributed by atoms with Gasteiger partial charge in [-0.05, 0) is 25.5 Å². The van der Waals surface area contributed by atoms with E-state index in [1.165, 1.54) is 6.08 Å². The third-order valence-electron chi connectivity index (χ3n) is 2.71. The Balaban J connectivity index is 2.90. The highest BCUT2D eigenvalue weighted by atomic mass is 16.5. The highest BCUT2D eigenvalue weighted by molar-refractivity contribution is 5.86. The highest BCUT2D eigenvalue weighted by Gasteiger charge is 2.09. The van der Waals surface area contributed by atoms with Gasteiger partial charge in [-0.1, -0.05) is 31.9 Å². The lowest BCUT2D eigenvalue weighted by Crippen LogP contribution is -2.02. The van der Waals surface area contributed by atoms with Gasteiger partial charge in [-0.25, -0.2) is 4.79 Å². The maximum Gasteiger partial charge on any atom is 0.328 e. The Hall–Kier alpha value is -1.97. The summed E-state index contributed by atoms with van der Waals surface area (Å²) in [4.78, 5) is 10.6. The molecule has 0 spiro atoms. The smallest absolute Gasteiger partial charge is 0.328 e. The number of ether oxygens (including phenoxy) is 2. The fraction of sp³-hybridized carbons (Fsp3) is 0.438. The van der Waals surface area contributed by atoms with Crippen molar-refractivity contribution in [1.82, 2.24) is 0 Å².